The van der Waals surface area contributed by atoms with Gasteiger partial charge in [0.25, 0.3) is 5.91 Å². The van der Waals surface area contributed by atoms with Crippen molar-refractivity contribution in [1.29, 1.82) is 0 Å². The SMILES string of the molecule is CCCCNC(=O)c1cnc2cc(C(C)(C)C)nn2c1C. The largest absolute Gasteiger partial charge is 0.352 e. The fraction of sp³-hybridized carbons (Fsp3) is 0.562. The summed E-state index contributed by atoms with van der Waals surface area (Å²) in [6.45, 7) is 11.0. The van der Waals surface area contributed by atoms with Crippen LogP contribution in [0.25, 0.3) is 5.65 Å². The molecule has 5 nitrogen and oxygen atoms in total. The van der Waals surface area contributed by atoms with Crippen LogP contribution in [0.15, 0.2) is 12.3 Å². The summed E-state index contributed by atoms with van der Waals surface area (Å²) in [6, 6.07) is 1.98. The third kappa shape index (κ3) is 3.23. The van der Waals surface area contributed by atoms with Crippen molar-refractivity contribution in [3.63, 3.8) is 0 Å². The van der Waals surface area contributed by atoms with Gasteiger partial charge in [0.2, 0.25) is 0 Å². The first-order chi connectivity index (χ1) is 9.84. The van der Waals surface area contributed by atoms with E-state index in [2.05, 4.69) is 43.1 Å². The minimum absolute atomic E-state index is 0.0380. The van der Waals surface area contributed by atoms with Crippen molar-refractivity contribution in [3.8, 4) is 0 Å². The second kappa shape index (κ2) is 5.84. The van der Waals surface area contributed by atoms with E-state index in [1.807, 2.05) is 13.0 Å². The third-order valence-electron chi connectivity index (χ3n) is 3.55. The fourth-order valence-corrected chi connectivity index (χ4v) is 2.11. The number of carbonyl (C=O) groups is 1. The molecule has 21 heavy (non-hydrogen) atoms. The molecule has 0 aliphatic carbocycles. The topological polar surface area (TPSA) is 59.3 Å². The molecule has 0 saturated heterocycles. The molecule has 0 atom stereocenters. The number of rotatable bonds is 4. The number of carbonyl (C=O) groups excluding carboxylic acids is 1. The van der Waals surface area contributed by atoms with Gasteiger partial charge in [-0.05, 0) is 13.3 Å². The van der Waals surface area contributed by atoms with Crippen molar-refractivity contribution >= 4 is 11.6 Å². The van der Waals surface area contributed by atoms with Crippen molar-refractivity contribution in [1.82, 2.24) is 19.9 Å². The van der Waals surface area contributed by atoms with Gasteiger partial charge < -0.3 is 5.32 Å². The van der Waals surface area contributed by atoms with Crippen LogP contribution in [-0.4, -0.2) is 27.0 Å². The standard InChI is InChI=1S/C16H24N4O/c1-6-7-8-17-15(21)12-10-18-14-9-13(16(3,4)5)19-20(14)11(12)2/h9-10H,6-8H2,1-5H3,(H,17,21). The highest BCUT2D eigenvalue weighted by Crippen LogP contribution is 2.22. The number of amides is 1. The average Bonchev–Trinajstić information content (AvgIpc) is 2.84. The Morgan fingerprint density at radius 2 is 2.10 bits per heavy atom. The van der Waals surface area contributed by atoms with Gasteiger partial charge in [-0.15, -0.1) is 0 Å². The molecule has 2 rings (SSSR count). The van der Waals surface area contributed by atoms with Gasteiger partial charge in [0, 0.05) is 24.2 Å². The lowest BCUT2D eigenvalue weighted by atomic mass is 9.93. The molecule has 1 N–H and O–H groups in total. The monoisotopic (exact) mass is 288 g/mol. The Hall–Kier alpha value is -1.91. The molecule has 2 aromatic rings. The lowest BCUT2D eigenvalue weighted by molar-refractivity contribution is 0.0951. The number of hydrogen-bond donors (Lipinski definition) is 1. The van der Waals surface area contributed by atoms with Gasteiger partial charge in [-0.3, -0.25) is 4.79 Å². The van der Waals surface area contributed by atoms with Crippen molar-refractivity contribution in [2.24, 2.45) is 0 Å². The van der Waals surface area contributed by atoms with Gasteiger partial charge in [0.1, 0.15) is 0 Å². The molecule has 0 bridgehead atoms. The Bertz CT molecular complexity index is 652. The van der Waals surface area contributed by atoms with Gasteiger partial charge in [-0.25, -0.2) is 9.50 Å². The van der Waals surface area contributed by atoms with Gasteiger partial charge in [0.15, 0.2) is 5.65 Å². The van der Waals surface area contributed by atoms with E-state index in [-0.39, 0.29) is 11.3 Å². The van der Waals surface area contributed by atoms with Gasteiger partial charge in [-0.1, -0.05) is 34.1 Å². The maximum Gasteiger partial charge on any atom is 0.254 e. The fourth-order valence-electron chi connectivity index (χ4n) is 2.11. The van der Waals surface area contributed by atoms with Crippen molar-refractivity contribution in [2.45, 2.75) is 52.9 Å². The van der Waals surface area contributed by atoms with Crippen LogP contribution in [0.3, 0.4) is 0 Å². The molecule has 1 amide bonds. The molecule has 5 heteroatoms. The highest BCUT2D eigenvalue weighted by Gasteiger charge is 2.20. The summed E-state index contributed by atoms with van der Waals surface area (Å²) in [7, 11) is 0. The average molecular weight is 288 g/mol. The molecule has 0 fully saturated rings. The Balaban J connectivity index is 2.35. The number of hydrogen-bond acceptors (Lipinski definition) is 3. The summed E-state index contributed by atoms with van der Waals surface area (Å²) in [6.07, 6.45) is 3.68. The molecule has 0 aliphatic heterocycles. The Kier molecular flexibility index (Phi) is 4.30. The second-order valence-corrected chi connectivity index (χ2v) is 6.42. The van der Waals surface area contributed by atoms with E-state index in [9.17, 15) is 4.79 Å². The molecule has 0 saturated carbocycles. The normalized spacial score (nSPS) is 11.9. The molecular weight excluding hydrogens is 264 g/mol. The second-order valence-electron chi connectivity index (χ2n) is 6.42. The number of aromatic nitrogens is 3. The summed E-state index contributed by atoms with van der Waals surface area (Å²) in [5, 5.41) is 7.52. The predicted octanol–water partition coefficient (Wildman–Crippen LogP) is 2.87. The molecule has 0 unspecified atom stereocenters. The number of aryl methyl sites for hydroxylation is 1. The quantitative estimate of drug-likeness (QED) is 0.880. The molecule has 114 valence electrons. The number of unbranched alkanes of at least 4 members (excludes halogenated alkanes) is 1. The van der Waals surface area contributed by atoms with Gasteiger partial charge in [-0.2, -0.15) is 5.10 Å². The lowest BCUT2D eigenvalue weighted by Gasteiger charge is -2.13. The van der Waals surface area contributed by atoms with Crippen molar-refractivity contribution < 1.29 is 4.79 Å². The Morgan fingerprint density at radius 1 is 1.38 bits per heavy atom. The molecule has 2 aromatic heterocycles. The number of nitrogens with zero attached hydrogens (tertiary/aromatic N) is 3. The minimum atomic E-state index is -0.0804. The third-order valence-corrected chi connectivity index (χ3v) is 3.55. The lowest BCUT2D eigenvalue weighted by Crippen LogP contribution is -2.26. The molecule has 0 aliphatic rings. The molecular formula is C16H24N4O. The van der Waals surface area contributed by atoms with E-state index in [1.54, 1.807) is 10.7 Å². The van der Waals surface area contributed by atoms with Crippen LogP contribution in [0.4, 0.5) is 0 Å². The molecule has 2 heterocycles. The molecule has 0 spiro atoms. The first kappa shape index (κ1) is 15.5. The van der Waals surface area contributed by atoms with Crippen LogP contribution in [-0.2, 0) is 5.41 Å². The van der Waals surface area contributed by atoms with Crippen molar-refractivity contribution in [2.75, 3.05) is 6.54 Å². The van der Waals surface area contributed by atoms with Crippen molar-refractivity contribution in [3.05, 3.63) is 29.2 Å². The Labute approximate surface area is 125 Å². The van der Waals surface area contributed by atoms with E-state index in [0.29, 0.717) is 12.1 Å². The Morgan fingerprint density at radius 3 is 2.71 bits per heavy atom. The van der Waals surface area contributed by atoms with E-state index >= 15 is 0 Å². The summed E-state index contributed by atoms with van der Waals surface area (Å²) in [4.78, 5) is 16.6. The van der Waals surface area contributed by atoms with E-state index in [0.717, 1.165) is 29.9 Å². The number of fused-ring (bicyclic) bond motifs is 1. The van der Waals surface area contributed by atoms with E-state index in [1.165, 1.54) is 0 Å². The smallest absolute Gasteiger partial charge is 0.254 e. The molecule has 0 radical (unpaired) electrons. The number of nitrogens with one attached hydrogen (secondary N) is 1. The summed E-state index contributed by atoms with van der Waals surface area (Å²) in [5.41, 5.74) is 3.12. The maximum absolute atomic E-state index is 12.2. The van der Waals surface area contributed by atoms with E-state index < -0.39 is 0 Å². The highest BCUT2D eigenvalue weighted by molar-refractivity contribution is 5.95. The highest BCUT2D eigenvalue weighted by atomic mass is 16.1. The zero-order chi connectivity index (χ0) is 15.6. The summed E-state index contributed by atoms with van der Waals surface area (Å²) in [5.74, 6) is -0.0804. The van der Waals surface area contributed by atoms with Crippen LogP contribution >= 0.6 is 0 Å². The van der Waals surface area contributed by atoms with Crippen LogP contribution in [0.1, 0.15) is 62.3 Å². The summed E-state index contributed by atoms with van der Waals surface area (Å²) < 4.78 is 1.76. The zero-order valence-corrected chi connectivity index (χ0v) is 13.5. The maximum atomic E-state index is 12.2. The minimum Gasteiger partial charge on any atom is -0.352 e. The van der Waals surface area contributed by atoms with Gasteiger partial charge >= 0.3 is 0 Å². The van der Waals surface area contributed by atoms with Gasteiger partial charge in [0.05, 0.1) is 17.0 Å². The van der Waals surface area contributed by atoms with Crippen LogP contribution < -0.4 is 5.32 Å². The van der Waals surface area contributed by atoms with Crippen LogP contribution in [0.5, 0.6) is 0 Å². The first-order valence-corrected chi connectivity index (χ1v) is 7.48. The van der Waals surface area contributed by atoms with Crippen LogP contribution in [0, 0.1) is 6.92 Å². The first-order valence-electron chi connectivity index (χ1n) is 7.48. The predicted molar refractivity (Wildman–Crippen MR) is 83.7 cm³/mol. The van der Waals surface area contributed by atoms with Crippen LogP contribution in [0.2, 0.25) is 0 Å². The zero-order valence-electron chi connectivity index (χ0n) is 13.5. The van der Waals surface area contributed by atoms with E-state index in [4.69, 9.17) is 0 Å². The molecule has 0 aromatic carbocycles. The summed E-state index contributed by atoms with van der Waals surface area (Å²) >= 11 is 0.